The van der Waals surface area contributed by atoms with Crippen molar-refractivity contribution < 1.29 is 28.6 Å². The fourth-order valence-corrected chi connectivity index (χ4v) is 4.84. The van der Waals surface area contributed by atoms with Gasteiger partial charge in [0.05, 0.1) is 17.2 Å². The van der Waals surface area contributed by atoms with E-state index in [4.69, 9.17) is 14.2 Å². The molecule has 0 aliphatic carbocycles. The van der Waals surface area contributed by atoms with Crippen molar-refractivity contribution in [1.82, 2.24) is 20.3 Å². The number of nitrogens with one attached hydrogen (secondary N) is 1. The van der Waals surface area contributed by atoms with Crippen molar-refractivity contribution in [2.45, 2.75) is 72.1 Å². The van der Waals surface area contributed by atoms with E-state index in [-0.39, 0.29) is 13.0 Å². The van der Waals surface area contributed by atoms with Crippen LogP contribution in [0, 0.1) is 0 Å². The molecule has 0 aromatic carbocycles. The summed E-state index contributed by atoms with van der Waals surface area (Å²) in [4.78, 5) is 51.2. The van der Waals surface area contributed by atoms with E-state index in [0.29, 0.717) is 32.7 Å². The lowest BCUT2D eigenvalue weighted by molar-refractivity contribution is -0.157. The summed E-state index contributed by atoms with van der Waals surface area (Å²) in [6, 6.07) is 2.33. The first kappa shape index (κ1) is 29.2. The zero-order chi connectivity index (χ0) is 28.1. The third kappa shape index (κ3) is 8.32. The maximum atomic E-state index is 12.9. The first-order valence-corrected chi connectivity index (χ1v) is 13.8. The molecular formula is C26H32N4O6S2. The van der Waals surface area contributed by atoms with Crippen molar-refractivity contribution in [1.29, 1.82) is 0 Å². The molecule has 0 unspecified atom stereocenters. The molecule has 0 spiro atoms. The second-order valence-corrected chi connectivity index (χ2v) is 12.0. The van der Waals surface area contributed by atoms with Crippen LogP contribution in [0.4, 0.5) is 4.79 Å². The van der Waals surface area contributed by atoms with Crippen molar-refractivity contribution in [2.24, 2.45) is 0 Å². The van der Waals surface area contributed by atoms with Gasteiger partial charge in [0.25, 0.3) is 0 Å². The van der Waals surface area contributed by atoms with Gasteiger partial charge in [-0.2, -0.15) is 0 Å². The maximum absolute atomic E-state index is 12.9. The van der Waals surface area contributed by atoms with Gasteiger partial charge in [-0.1, -0.05) is 0 Å². The number of alkyl carbamates (subject to hydrolysis) is 1. The molecule has 1 amide bonds. The van der Waals surface area contributed by atoms with Gasteiger partial charge in [-0.25, -0.2) is 24.4 Å². The number of esters is 2. The lowest BCUT2D eigenvalue weighted by Gasteiger charge is -2.25. The van der Waals surface area contributed by atoms with Gasteiger partial charge in [0.1, 0.15) is 39.3 Å². The quantitative estimate of drug-likeness (QED) is 0.289. The van der Waals surface area contributed by atoms with Crippen molar-refractivity contribution >= 4 is 40.7 Å². The first-order valence-electron chi connectivity index (χ1n) is 12.0. The SMILES string of the molecule is CCOC(=O)c1cccnc1-c1csc(-c2csc(C[C@H](NC(=O)OC(C)(C)C)C(=O)OC(C)(C)C)n2)n1. The standard InChI is InChI=1S/C26H32N4O6S2/c1-8-34-22(31)15-10-9-11-27-20(15)17-13-38-21(29-17)18-14-37-19(28-18)12-16(23(32)35-25(2,3)4)30-24(33)36-26(5,6)7/h9-11,13-14,16H,8,12H2,1-7H3,(H,30,33)/t16-/m0/s1. The molecule has 38 heavy (non-hydrogen) atoms. The highest BCUT2D eigenvalue weighted by Gasteiger charge is 2.30. The molecule has 0 radical (unpaired) electrons. The average Bonchev–Trinajstić information content (AvgIpc) is 3.46. The fourth-order valence-electron chi connectivity index (χ4n) is 3.18. The number of rotatable bonds is 8. The van der Waals surface area contributed by atoms with Crippen molar-refractivity contribution in [3.05, 3.63) is 39.7 Å². The lowest BCUT2D eigenvalue weighted by Crippen LogP contribution is -2.47. The number of amides is 1. The van der Waals surface area contributed by atoms with Crippen LogP contribution in [0.3, 0.4) is 0 Å². The van der Waals surface area contributed by atoms with Crippen LogP contribution in [-0.2, 0) is 25.4 Å². The summed E-state index contributed by atoms with van der Waals surface area (Å²) in [7, 11) is 0. The van der Waals surface area contributed by atoms with Crippen LogP contribution in [0.15, 0.2) is 29.1 Å². The smallest absolute Gasteiger partial charge is 0.408 e. The number of pyridine rings is 1. The van der Waals surface area contributed by atoms with Crippen molar-refractivity contribution in [3.8, 4) is 22.1 Å². The van der Waals surface area contributed by atoms with Crippen LogP contribution in [0.2, 0.25) is 0 Å². The minimum Gasteiger partial charge on any atom is -0.462 e. The van der Waals surface area contributed by atoms with E-state index in [1.165, 1.54) is 22.7 Å². The molecule has 204 valence electrons. The summed E-state index contributed by atoms with van der Waals surface area (Å²) in [6.07, 6.45) is 0.985. The van der Waals surface area contributed by atoms with E-state index < -0.39 is 35.3 Å². The maximum Gasteiger partial charge on any atom is 0.408 e. The molecule has 1 atom stereocenters. The van der Waals surface area contributed by atoms with Crippen molar-refractivity contribution in [2.75, 3.05) is 6.61 Å². The predicted molar refractivity (Wildman–Crippen MR) is 145 cm³/mol. The monoisotopic (exact) mass is 560 g/mol. The summed E-state index contributed by atoms with van der Waals surface area (Å²) in [5.74, 6) is -1.05. The highest BCUT2D eigenvalue weighted by atomic mass is 32.1. The molecule has 3 rings (SSSR count). The Labute approximate surface area is 229 Å². The zero-order valence-electron chi connectivity index (χ0n) is 22.5. The summed E-state index contributed by atoms with van der Waals surface area (Å²) < 4.78 is 16.0. The Kier molecular flexibility index (Phi) is 9.21. The Morgan fingerprint density at radius 2 is 1.66 bits per heavy atom. The van der Waals surface area contributed by atoms with E-state index in [0.717, 1.165) is 0 Å². The molecule has 0 bridgehead atoms. The van der Waals surface area contributed by atoms with Gasteiger partial charge >= 0.3 is 18.0 Å². The number of ether oxygens (including phenoxy) is 3. The van der Waals surface area contributed by atoms with Gasteiger partial charge in [-0.3, -0.25) is 4.98 Å². The second kappa shape index (κ2) is 12.0. The topological polar surface area (TPSA) is 130 Å². The van der Waals surface area contributed by atoms with E-state index in [9.17, 15) is 14.4 Å². The average molecular weight is 561 g/mol. The van der Waals surface area contributed by atoms with E-state index >= 15 is 0 Å². The molecule has 0 saturated heterocycles. The van der Waals surface area contributed by atoms with Crippen molar-refractivity contribution in [3.63, 3.8) is 0 Å². The number of thiazole rings is 2. The van der Waals surface area contributed by atoms with Crippen LogP contribution in [-0.4, -0.2) is 56.8 Å². The van der Waals surface area contributed by atoms with Gasteiger partial charge < -0.3 is 19.5 Å². The highest BCUT2D eigenvalue weighted by Crippen LogP contribution is 2.31. The first-order chi connectivity index (χ1) is 17.8. The minimum atomic E-state index is -0.990. The summed E-state index contributed by atoms with van der Waals surface area (Å²) >= 11 is 2.69. The number of hydrogen-bond acceptors (Lipinski definition) is 11. The molecule has 3 aromatic heterocycles. The van der Waals surface area contributed by atoms with Gasteiger partial charge in [0, 0.05) is 23.4 Å². The summed E-state index contributed by atoms with van der Waals surface area (Å²) in [5.41, 5.74) is 0.440. The fraction of sp³-hybridized carbons (Fsp3) is 0.462. The van der Waals surface area contributed by atoms with Crippen LogP contribution < -0.4 is 5.32 Å². The molecule has 3 aromatic rings. The lowest BCUT2D eigenvalue weighted by atomic mass is 10.1. The molecule has 10 nitrogen and oxygen atoms in total. The Balaban J connectivity index is 1.81. The third-order valence-corrected chi connectivity index (χ3v) is 6.32. The number of hydrogen-bond donors (Lipinski definition) is 1. The van der Waals surface area contributed by atoms with Crippen LogP contribution in [0.25, 0.3) is 22.1 Å². The normalized spacial score (nSPS) is 12.5. The van der Waals surface area contributed by atoms with Gasteiger partial charge in [0.2, 0.25) is 0 Å². The van der Waals surface area contributed by atoms with Gasteiger partial charge in [-0.05, 0) is 60.6 Å². The molecule has 1 N–H and O–H groups in total. The molecule has 0 fully saturated rings. The highest BCUT2D eigenvalue weighted by molar-refractivity contribution is 7.14. The number of aromatic nitrogens is 3. The largest absolute Gasteiger partial charge is 0.462 e. The zero-order valence-corrected chi connectivity index (χ0v) is 24.1. The number of carbonyl (C=O) groups excluding carboxylic acids is 3. The molecule has 0 saturated carbocycles. The number of carbonyl (C=O) groups is 3. The molecule has 0 aliphatic rings. The Hall–Kier alpha value is -3.38. The van der Waals surface area contributed by atoms with Crippen LogP contribution >= 0.6 is 22.7 Å². The summed E-state index contributed by atoms with van der Waals surface area (Å²) in [6.45, 7) is 12.5. The van der Waals surface area contributed by atoms with E-state index in [2.05, 4.69) is 20.3 Å². The predicted octanol–water partition coefficient (Wildman–Crippen LogP) is 5.28. The van der Waals surface area contributed by atoms with Gasteiger partial charge in [0.15, 0.2) is 0 Å². The summed E-state index contributed by atoms with van der Waals surface area (Å²) in [5, 5.41) is 7.46. The Bertz CT molecular complexity index is 1290. The van der Waals surface area contributed by atoms with Crippen LogP contribution in [0.5, 0.6) is 0 Å². The van der Waals surface area contributed by atoms with E-state index in [1.54, 1.807) is 72.2 Å². The molecular weight excluding hydrogens is 528 g/mol. The molecule has 3 heterocycles. The van der Waals surface area contributed by atoms with E-state index in [1.807, 2.05) is 5.38 Å². The second-order valence-electron chi connectivity index (χ2n) is 10.2. The number of nitrogens with zero attached hydrogens (tertiary/aromatic N) is 3. The third-order valence-electron chi connectivity index (χ3n) is 4.58. The molecule has 12 heteroatoms. The minimum absolute atomic E-state index is 0.115. The molecule has 0 aliphatic heterocycles. The Morgan fingerprint density at radius 3 is 2.32 bits per heavy atom. The Morgan fingerprint density at radius 1 is 0.974 bits per heavy atom. The van der Waals surface area contributed by atoms with Gasteiger partial charge in [-0.15, -0.1) is 22.7 Å². The van der Waals surface area contributed by atoms with Crippen LogP contribution in [0.1, 0.15) is 63.8 Å².